The standard InChI is InChI=1S/C29H27F2N7O4/c1-37-14-10-20(11-15-37)41-27-25-24(9-12-32-26(25)35-36-27)42-23-7-6-19(16-22(23)31)34-29(40)38-28(39)21(8-13-33-38)17-2-4-18(30)5-3-17/h2-9,12-13,16,20-21,33H,10-11,14-15H2,1H3,(H,34,40)(H,32,35,36). The number of halogens is 2. The Kier molecular flexibility index (Phi) is 7.40. The van der Waals surface area contributed by atoms with E-state index in [1.807, 2.05) is 0 Å². The maximum absolute atomic E-state index is 15.2. The summed E-state index contributed by atoms with van der Waals surface area (Å²) in [6, 6.07) is 10.1. The number of hydrogen-bond acceptors (Lipinski definition) is 8. The predicted molar refractivity (Wildman–Crippen MR) is 149 cm³/mol. The van der Waals surface area contributed by atoms with Crippen molar-refractivity contribution in [3.63, 3.8) is 0 Å². The first-order chi connectivity index (χ1) is 20.4. The van der Waals surface area contributed by atoms with Crippen LogP contribution in [0.3, 0.4) is 0 Å². The molecule has 1 fully saturated rings. The van der Waals surface area contributed by atoms with Gasteiger partial charge in [0.25, 0.3) is 5.91 Å². The Bertz CT molecular complexity index is 1650. The second kappa shape index (κ2) is 11.4. The van der Waals surface area contributed by atoms with E-state index < -0.39 is 29.5 Å². The van der Waals surface area contributed by atoms with Crippen LogP contribution in [-0.4, -0.2) is 63.3 Å². The van der Waals surface area contributed by atoms with Crippen molar-refractivity contribution in [2.24, 2.45) is 0 Å². The van der Waals surface area contributed by atoms with Crippen LogP contribution < -0.4 is 20.2 Å². The summed E-state index contributed by atoms with van der Waals surface area (Å²) in [6.07, 6.45) is 6.20. The molecule has 1 atom stereocenters. The molecule has 13 heteroatoms. The second-order valence-corrected chi connectivity index (χ2v) is 10.1. The molecule has 0 spiro atoms. The van der Waals surface area contributed by atoms with E-state index in [0.29, 0.717) is 28.2 Å². The van der Waals surface area contributed by atoms with E-state index in [0.717, 1.165) is 37.0 Å². The van der Waals surface area contributed by atoms with E-state index in [1.165, 1.54) is 48.8 Å². The van der Waals surface area contributed by atoms with Crippen LogP contribution in [-0.2, 0) is 4.79 Å². The summed E-state index contributed by atoms with van der Waals surface area (Å²) in [4.78, 5) is 32.3. The molecule has 1 saturated heterocycles. The van der Waals surface area contributed by atoms with Crippen LogP contribution in [0.25, 0.3) is 11.0 Å². The van der Waals surface area contributed by atoms with Crippen LogP contribution in [0.2, 0.25) is 0 Å². The largest absolute Gasteiger partial charge is 0.473 e. The third-order valence-electron chi connectivity index (χ3n) is 7.15. The number of imide groups is 1. The molecule has 2 aromatic heterocycles. The van der Waals surface area contributed by atoms with Gasteiger partial charge in [-0.15, -0.1) is 5.10 Å². The number of amides is 3. The van der Waals surface area contributed by atoms with Gasteiger partial charge in [-0.2, -0.15) is 5.01 Å². The van der Waals surface area contributed by atoms with E-state index in [9.17, 15) is 14.0 Å². The van der Waals surface area contributed by atoms with E-state index in [4.69, 9.17) is 9.47 Å². The highest BCUT2D eigenvalue weighted by atomic mass is 19.1. The van der Waals surface area contributed by atoms with E-state index >= 15 is 4.39 Å². The van der Waals surface area contributed by atoms with Crippen molar-refractivity contribution in [3.05, 3.63) is 84.2 Å². The van der Waals surface area contributed by atoms with Gasteiger partial charge < -0.3 is 19.7 Å². The molecule has 2 aliphatic rings. The normalized spacial score (nSPS) is 17.7. The van der Waals surface area contributed by atoms with Crippen molar-refractivity contribution < 1.29 is 27.8 Å². The number of pyridine rings is 1. The number of anilines is 1. The molecule has 3 amide bonds. The van der Waals surface area contributed by atoms with Crippen molar-refractivity contribution >= 4 is 28.7 Å². The predicted octanol–water partition coefficient (Wildman–Crippen LogP) is 4.68. The summed E-state index contributed by atoms with van der Waals surface area (Å²) in [5.41, 5.74) is 3.64. The van der Waals surface area contributed by atoms with Gasteiger partial charge in [0.1, 0.15) is 23.1 Å². The van der Waals surface area contributed by atoms with Crippen LogP contribution in [0.15, 0.2) is 67.0 Å². The fourth-order valence-electron chi connectivity index (χ4n) is 4.87. The molecule has 0 aliphatic carbocycles. The maximum atomic E-state index is 15.2. The van der Waals surface area contributed by atoms with Gasteiger partial charge in [-0.25, -0.2) is 18.6 Å². The first-order valence-corrected chi connectivity index (χ1v) is 13.3. The number of hydrazine groups is 1. The van der Waals surface area contributed by atoms with Gasteiger partial charge in [0.2, 0.25) is 5.88 Å². The number of likely N-dealkylation sites (tertiary alicyclic amines) is 1. The SMILES string of the molecule is CN1CCC(Oc2n[nH]c3nccc(Oc4ccc(NC(=O)N5NC=CC(c6ccc(F)cc6)C5=O)cc4F)c23)CC1. The average molecular weight is 576 g/mol. The Hall–Kier alpha value is -5.04. The molecule has 11 nitrogen and oxygen atoms in total. The fourth-order valence-corrected chi connectivity index (χ4v) is 4.87. The van der Waals surface area contributed by atoms with E-state index in [-0.39, 0.29) is 17.5 Å². The number of fused-ring (bicyclic) bond motifs is 1. The van der Waals surface area contributed by atoms with E-state index in [1.54, 1.807) is 12.1 Å². The highest BCUT2D eigenvalue weighted by Crippen LogP contribution is 2.36. The van der Waals surface area contributed by atoms with E-state index in [2.05, 4.69) is 37.9 Å². The number of piperidine rings is 1. The number of urea groups is 1. The molecule has 6 rings (SSSR count). The summed E-state index contributed by atoms with van der Waals surface area (Å²) >= 11 is 0. The lowest BCUT2D eigenvalue weighted by Crippen LogP contribution is -2.50. The molecule has 4 heterocycles. The third-order valence-corrected chi connectivity index (χ3v) is 7.15. The minimum atomic E-state index is -0.825. The number of rotatable bonds is 6. The molecule has 42 heavy (non-hydrogen) atoms. The molecule has 216 valence electrons. The van der Waals surface area contributed by atoms with Crippen molar-refractivity contribution in [1.82, 2.24) is 30.5 Å². The lowest BCUT2D eigenvalue weighted by Gasteiger charge is -2.28. The number of aromatic nitrogens is 3. The number of aromatic amines is 1. The van der Waals surface area contributed by atoms with Crippen molar-refractivity contribution in [1.29, 1.82) is 0 Å². The molecule has 0 radical (unpaired) electrons. The maximum Gasteiger partial charge on any atom is 0.347 e. The monoisotopic (exact) mass is 575 g/mol. The smallest absolute Gasteiger partial charge is 0.347 e. The Morgan fingerprint density at radius 1 is 1.07 bits per heavy atom. The summed E-state index contributed by atoms with van der Waals surface area (Å²) < 4.78 is 40.5. The van der Waals surface area contributed by atoms with Crippen LogP contribution in [0, 0.1) is 11.6 Å². The molecular formula is C29H27F2N7O4. The molecular weight excluding hydrogens is 548 g/mol. The number of nitrogens with zero attached hydrogens (tertiary/aromatic N) is 4. The second-order valence-electron chi connectivity index (χ2n) is 10.1. The molecule has 4 aromatic rings. The molecule has 2 aliphatic heterocycles. The summed E-state index contributed by atoms with van der Waals surface area (Å²) in [5, 5.41) is 10.9. The number of nitrogens with one attached hydrogen (secondary N) is 3. The molecule has 0 bridgehead atoms. The average Bonchev–Trinajstić information content (AvgIpc) is 3.40. The zero-order valence-corrected chi connectivity index (χ0v) is 22.5. The van der Waals surface area contributed by atoms with Gasteiger partial charge >= 0.3 is 6.03 Å². The van der Waals surface area contributed by atoms with Crippen LogP contribution >= 0.6 is 0 Å². The Morgan fingerprint density at radius 2 is 1.86 bits per heavy atom. The number of hydrogen-bond donors (Lipinski definition) is 3. The van der Waals surface area contributed by atoms with Crippen LogP contribution in [0.4, 0.5) is 19.3 Å². The Balaban J connectivity index is 1.15. The summed E-state index contributed by atoms with van der Waals surface area (Å²) in [6.45, 7) is 1.83. The fraction of sp³-hybridized carbons (Fsp3) is 0.241. The first-order valence-electron chi connectivity index (χ1n) is 13.3. The molecule has 2 aromatic carbocycles. The topological polar surface area (TPSA) is 125 Å². The van der Waals surface area contributed by atoms with Crippen molar-refractivity contribution in [2.75, 3.05) is 25.5 Å². The zero-order chi connectivity index (χ0) is 29.2. The van der Waals surface area contributed by atoms with Crippen LogP contribution in [0.5, 0.6) is 17.4 Å². The highest BCUT2D eigenvalue weighted by molar-refractivity contribution is 6.04. The number of carbonyl (C=O) groups excluding carboxylic acids is 2. The Labute approximate surface area is 239 Å². The lowest BCUT2D eigenvalue weighted by atomic mass is 9.97. The third kappa shape index (κ3) is 5.59. The lowest BCUT2D eigenvalue weighted by molar-refractivity contribution is -0.131. The summed E-state index contributed by atoms with van der Waals surface area (Å²) in [5.74, 6) is -2.03. The molecule has 0 saturated carbocycles. The quantitative estimate of drug-likeness (QED) is 0.303. The van der Waals surface area contributed by atoms with Crippen molar-refractivity contribution in [3.8, 4) is 17.4 Å². The molecule has 3 N–H and O–H groups in total. The van der Waals surface area contributed by atoms with Crippen LogP contribution in [0.1, 0.15) is 24.3 Å². The zero-order valence-electron chi connectivity index (χ0n) is 22.5. The number of H-pyrrole nitrogens is 1. The van der Waals surface area contributed by atoms with Gasteiger partial charge in [0, 0.05) is 43.3 Å². The first kappa shape index (κ1) is 27.1. The van der Waals surface area contributed by atoms with Gasteiger partial charge in [-0.1, -0.05) is 12.1 Å². The van der Waals surface area contributed by atoms with Crippen molar-refractivity contribution in [2.45, 2.75) is 24.9 Å². The number of ether oxygens (including phenoxy) is 2. The van der Waals surface area contributed by atoms with Gasteiger partial charge in [0.15, 0.2) is 17.2 Å². The minimum absolute atomic E-state index is 0.0110. The minimum Gasteiger partial charge on any atom is -0.473 e. The van der Waals surface area contributed by atoms with Gasteiger partial charge in [-0.3, -0.25) is 15.3 Å². The Morgan fingerprint density at radius 3 is 2.62 bits per heavy atom. The number of carbonyl (C=O) groups is 2. The van der Waals surface area contributed by atoms with Gasteiger partial charge in [0.05, 0.1) is 5.92 Å². The summed E-state index contributed by atoms with van der Waals surface area (Å²) in [7, 11) is 2.06. The highest BCUT2D eigenvalue weighted by Gasteiger charge is 2.31. The molecule has 1 unspecified atom stereocenters. The number of benzene rings is 2. The van der Waals surface area contributed by atoms with Gasteiger partial charge in [-0.05, 0) is 55.8 Å².